The van der Waals surface area contributed by atoms with E-state index in [0.29, 0.717) is 59.9 Å². The smallest absolute Gasteiger partial charge is 0.306 e. The molecular formula is C23H29N7O4. The first-order valence-corrected chi connectivity index (χ1v) is 11.4. The van der Waals surface area contributed by atoms with E-state index in [2.05, 4.69) is 30.4 Å². The molecule has 3 aromatic rings. The van der Waals surface area contributed by atoms with Gasteiger partial charge in [0.25, 0.3) is 0 Å². The molecular weight excluding hydrogens is 438 g/mol. The third-order valence-corrected chi connectivity index (χ3v) is 5.70. The number of aliphatic carboxylic acids is 1. The maximum absolute atomic E-state index is 11.3. The number of ether oxygens (including phenoxy) is 2. The summed E-state index contributed by atoms with van der Waals surface area (Å²) in [5.74, 6) is 1.41. The Labute approximate surface area is 197 Å². The van der Waals surface area contributed by atoms with Crippen molar-refractivity contribution >= 4 is 17.7 Å². The van der Waals surface area contributed by atoms with E-state index in [1.54, 1.807) is 36.4 Å². The van der Waals surface area contributed by atoms with Gasteiger partial charge in [0, 0.05) is 19.3 Å². The highest BCUT2D eigenvalue weighted by molar-refractivity contribution is 5.73. The zero-order valence-electron chi connectivity index (χ0n) is 19.6. The molecule has 11 heteroatoms. The van der Waals surface area contributed by atoms with E-state index in [-0.39, 0.29) is 12.0 Å². The van der Waals surface area contributed by atoms with E-state index in [4.69, 9.17) is 9.47 Å². The van der Waals surface area contributed by atoms with E-state index in [1.807, 2.05) is 13.8 Å². The molecule has 0 amide bonds. The van der Waals surface area contributed by atoms with Crippen molar-refractivity contribution < 1.29 is 19.4 Å². The fraction of sp³-hybridized carbons (Fsp3) is 0.478. The summed E-state index contributed by atoms with van der Waals surface area (Å²) in [5, 5.41) is 16.8. The van der Waals surface area contributed by atoms with Crippen LogP contribution in [0.1, 0.15) is 44.7 Å². The molecule has 34 heavy (non-hydrogen) atoms. The van der Waals surface area contributed by atoms with Crippen molar-refractivity contribution in [3.63, 3.8) is 0 Å². The monoisotopic (exact) mass is 467 g/mol. The van der Waals surface area contributed by atoms with Crippen LogP contribution in [0.5, 0.6) is 11.6 Å². The zero-order valence-corrected chi connectivity index (χ0v) is 19.6. The first-order valence-electron chi connectivity index (χ1n) is 11.4. The number of nitrogens with one attached hydrogen (secondary N) is 1. The number of carboxylic acid groups (broad SMARTS) is 1. The quantitative estimate of drug-likeness (QED) is 0.481. The van der Waals surface area contributed by atoms with Crippen molar-refractivity contribution in [2.45, 2.75) is 52.1 Å². The number of nitrogens with zero attached hydrogens (tertiary/aromatic N) is 6. The molecule has 2 N–H and O–H groups in total. The lowest BCUT2D eigenvalue weighted by Crippen LogP contribution is -2.29. The van der Waals surface area contributed by atoms with Crippen LogP contribution in [0.4, 0.5) is 11.8 Å². The Balaban J connectivity index is 1.51. The SMILES string of the molecule is CCCOc1ccnc(Nc2c(-c3ncc(O[C@H]4CCC[C@H](C(=O)O)C4)c(C)n3)cnn2C)n1. The van der Waals surface area contributed by atoms with Crippen molar-refractivity contribution in [1.82, 2.24) is 29.7 Å². The molecule has 11 nitrogen and oxygen atoms in total. The van der Waals surface area contributed by atoms with Gasteiger partial charge in [-0.1, -0.05) is 6.92 Å². The number of aryl methyl sites for hydroxylation is 2. The topological polar surface area (TPSA) is 137 Å². The fourth-order valence-electron chi connectivity index (χ4n) is 3.90. The molecule has 0 saturated heterocycles. The Hall–Kier alpha value is -3.76. The second kappa shape index (κ2) is 10.4. The summed E-state index contributed by atoms with van der Waals surface area (Å²) in [4.78, 5) is 29.1. The zero-order chi connectivity index (χ0) is 24.1. The van der Waals surface area contributed by atoms with Crippen molar-refractivity contribution in [2.24, 2.45) is 13.0 Å². The van der Waals surface area contributed by atoms with E-state index >= 15 is 0 Å². The molecule has 4 rings (SSSR count). The summed E-state index contributed by atoms with van der Waals surface area (Å²) >= 11 is 0. The Morgan fingerprint density at radius 3 is 2.88 bits per heavy atom. The molecule has 3 aromatic heterocycles. The number of anilines is 2. The van der Waals surface area contributed by atoms with E-state index in [1.165, 1.54) is 0 Å². The molecule has 1 aliphatic rings. The van der Waals surface area contributed by atoms with Gasteiger partial charge in [-0.2, -0.15) is 10.1 Å². The van der Waals surface area contributed by atoms with Gasteiger partial charge >= 0.3 is 5.97 Å². The molecule has 3 heterocycles. The van der Waals surface area contributed by atoms with Crippen LogP contribution in [-0.4, -0.2) is 53.5 Å². The third kappa shape index (κ3) is 5.41. The van der Waals surface area contributed by atoms with Gasteiger partial charge in [0.2, 0.25) is 11.8 Å². The highest BCUT2D eigenvalue weighted by atomic mass is 16.5. The second-order valence-electron chi connectivity index (χ2n) is 8.31. The molecule has 180 valence electrons. The van der Waals surface area contributed by atoms with Gasteiger partial charge in [0.05, 0.1) is 42.3 Å². The van der Waals surface area contributed by atoms with Crippen molar-refractivity contribution in [1.29, 1.82) is 0 Å². The Morgan fingerprint density at radius 2 is 2.12 bits per heavy atom. The Morgan fingerprint density at radius 1 is 1.26 bits per heavy atom. The van der Waals surface area contributed by atoms with E-state index in [9.17, 15) is 9.90 Å². The van der Waals surface area contributed by atoms with Crippen LogP contribution in [0.25, 0.3) is 11.4 Å². The van der Waals surface area contributed by atoms with Gasteiger partial charge in [-0.05, 0) is 39.0 Å². The number of hydrogen-bond acceptors (Lipinski definition) is 9. The summed E-state index contributed by atoms with van der Waals surface area (Å²) in [7, 11) is 1.80. The van der Waals surface area contributed by atoms with Gasteiger partial charge in [-0.3, -0.25) is 9.48 Å². The van der Waals surface area contributed by atoms with E-state index in [0.717, 1.165) is 19.3 Å². The number of rotatable bonds is 9. The number of hydrogen-bond donors (Lipinski definition) is 2. The predicted molar refractivity (Wildman–Crippen MR) is 124 cm³/mol. The normalized spacial score (nSPS) is 17.9. The maximum atomic E-state index is 11.3. The minimum Gasteiger partial charge on any atom is -0.487 e. The van der Waals surface area contributed by atoms with Crippen LogP contribution in [0.15, 0.2) is 24.7 Å². The molecule has 0 bridgehead atoms. The Kier molecular flexibility index (Phi) is 7.19. The van der Waals surface area contributed by atoms with Crippen LogP contribution < -0.4 is 14.8 Å². The molecule has 0 unspecified atom stereocenters. The molecule has 2 atom stereocenters. The molecule has 0 aromatic carbocycles. The van der Waals surface area contributed by atoms with Crippen molar-refractivity contribution in [3.8, 4) is 23.0 Å². The minimum atomic E-state index is -0.764. The first kappa shape index (κ1) is 23.4. The van der Waals surface area contributed by atoms with E-state index < -0.39 is 5.97 Å². The third-order valence-electron chi connectivity index (χ3n) is 5.70. The van der Waals surface area contributed by atoms with Gasteiger partial charge in [0.15, 0.2) is 11.6 Å². The summed E-state index contributed by atoms with van der Waals surface area (Å²) in [6, 6.07) is 1.71. The molecule has 1 fully saturated rings. The highest BCUT2D eigenvalue weighted by Crippen LogP contribution is 2.31. The summed E-state index contributed by atoms with van der Waals surface area (Å²) < 4.78 is 13.3. The first-order chi connectivity index (χ1) is 16.4. The average molecular weight is 468 g/mol. The van der Waals surface area contributed by atoms with Crippen LogP contribution in [0.3, 0.4) is 0 Å². The standard InChI is InChI=1S/C23H29N7O4/c1-4-10-33-19-8-9-24-23(28-19)29-21-17(12-26-30(21)3)20-25-13-18(14(2)27-20)34-16-7-5-6-15(11-16)22(31)32/h8-9,12-13,15-16H,4-7,10-11H2,1-3H3,(H,31,32)(H,24,28,29)/t15-,16-/m0/s1. The van der Waals surface area contributed by atoms with Crippen molar-refractivity contribution in [2.75, 3.05) is 11.9 Å². The fourth-order valence-corrected chi connectivity index (χ4v) is 3.90. The lowest BCUT2D eigenvalue weighted by molar-refractivity contribution is -0.143. The predicted octanol–water partition coefficient (Wildman–Crippen LogP) is 3.53. The summed E-state index contributed by atoms with van der Waals surface area (Å²) in [6.45, 7) is 4.45. The molecule has 0 radical (unpaired) electrons. The number of carboxylic acids is 1. The molecule has 0 spiro atoms. The molecule has 1 saturated carbocycles. The average Bonchev–Trinajstić information content (AvgIpc) is 3.19. The van der Waals surface area contributed by atoms with Gasteiger partial charge in [0.1, 0.15) is 5.82 Å². The van der Waals surface area contributed by atoms with Crippen molar-refractivity contribution in [3.05, 3.63) is 30.4 Å². The van der Waals surface area contributed by atoms with Gasteiger partial charge < -0.3 is 19.9 Å². The Bertz CT molecular complexity index is 1150. The second-order valence-corrected chi connectivity index (χ2v) is 8.31. The highest BCUT2D eigenvalue weighted by Gasteiger charge is 2.28. The molecule has 0 aliphatic heterocycles. The van der Waals surface area contributed by atoms with Gasteiger partial charge in [-0.15, -0.1) is 0 Å². The van der Waals surface area contributed by atoms with Crippen LogP contribution >= 0.6 is 0 Å². The summed E-state index contributed by atoms with van der Waals surface area (Å²) in [6.07, 6.45) is 8.51. The van der Waals surface area contributed by atoms with Crippen LogP contribution in [-0.2, 0) is 11.8 Å². The minimum absolute atomic E-state index is 0.155. The lowest BCUT2D eigenvalue weighted by atomic mass is 9.87. The van der Waals surface area contributed by atoms with Crippen LogP contribution in [0, 0.1) is 12.8 Å². The van der Waals surface area contributed by atoms with Crippen LogP contribution in [0.2, 0.25) is 0 Å². The summed E-state index contributed by atoms with van der Waals surface area (Å²) in [5.41, 5.74) is 1.35. The van der Waals surface area contributed by atoms with Gasteiger partial charge in [-0.25, -0.2) is 15.0 Å². The largest absolute Gasteiger partial charge is 0.487 e. The maximum Gasteiger partial charge on any atom is 0.306 e. The number of carbonyl (C=O) groups is 1. The molecule has 1 aliphatic carbocycles. The lowest BCUT2D eigenvalue weighted by Gasteiger charge is -2.27. The number of aromatic nitrogens is 6.